The molecule has 2 saturated heterocycles. The van der Waals surface area contributed by atoms with Gasteiger partial charge in [-0.25, -0.2) is 4.79 Å². The minimum Gasteiger partial charge on any atom is -0.445 e. The molecule has 2 aromatic carbocycles. The molecule has 6 atom stereocenters. The summed E-state index contributed by atoms with van der Waals surface area (Å²) in [4.78, 5) is 44.3. The van der Waals surface area contributed by atoms with Crippen LogP contribution in [0.5, 0.6) is 0 Å². The molecule has 3 aliphatic heterocycles. The Balaban J connectivity index is 1.39. The zero-order valence-electron chi connectivity index (χ0n) is 17.6. The van der Waals surface area contributed by atoms with E-state index in [1.807, 2.05) is 54.6 Å². The summed E-state index contributed by atoms with van der Waals surface area (Å²) in [5.41, 5.74) is 0.964. The second kappa shape index (κ2) is 5.68. The lowest BCUT2D eigenvalue weighted by Crippen LogP contribution is -2.50. The summed E-state index contributed by atoms with van der Waals surface area (Å²) in [7, 11) is 1.60. The van der Waals surface area contributed by atoms with Gasteiger partial charge in [-0.2, -0.15) is 0 Å². The normalized spacial score (nSPS) is 37.2. The second-order valence-corrected chi connectivity index (χ2v) is 9.62. The topological polar surface area (TPSA) is 66.9 Å². The van der Waals surface area contributed by atoms with Gasteiger partial charge < -0.3 is 4.74 Å². The van der Waals surface area contributed by atoms with E-state index in [0.29, 0.717) is 0 Å². The van der Waals surface area contributed by atoms with Crippen LogP contribution >= 0.6 is 0 Å². The van der Waals surface area contributed by atoms with Crippen LogP contribution in [0.25, 0.3) is 0 Å². The molecular weight excluding hydrogens is 404 g/mol. The number of likely N-dealkylation sites (tertiary alicyclic amines) is 1. The summed E-state index contributed by atoms with van der Waals surface area (Å²) in [6.07, 6.45) is 4.53. The van der Waals surface area contributed by atoms with Crippen molar-refractivity contribution in [3.63, 3.8) is 0 Å². The lowest BCUT2D eigenvalue weighted by molar-refractivity contribution is -0.143. The molecule has 4 bridgehead atoms. The average molecular weight is 426 g/mol. The summed E-state index contributed by atoms with van der Waals surface area (Å²) in [5.74, 6) is -0.409. The molecule has 3 amide bonds. The zero-order valence-corrected chi connectivity index (χ0v) is 17.6. The molecule has 7 rings (SSSR count). The highest BCUT2D eigenvalue weighted by Gasteiger charge is 2.90. The molecule has 0 unspecified atom stereocenters. The molecule has 1 saturated carbocycles. The lowest BCUT2D eigenvalue weighted by atomic mass is 9.52. The Hall–Kier alpha value is -3.41. The van der Waals surface area contributed by atoms with Crippen molar-refractivity contribution in [1.82, 2.24) is 9.80 Å². The van der Waals surface area contributed by atoms with E-state index in [1.54, 1.807) is 11.9 Å². The van der Waals surface area contributed by atoms with Gasteiger partial charge in [-0.05, 0) is 34.9 Å². The molecule has 0 N–H and O–H groups in total. The van der Waals surface area contributed by atoms with Crippen LogP contribution in [-0.4, -0.2) is 34.8 Å². The SMILES string of the molecule is CN1C(=O)[C@]23[C@@H]4c5ccccc5[C@@H](N4C(=O)OCc4ccccc4)[C@@]2(C1=O)[C@@H]1C=C[C@H]3C1. The Kier molecular flexibility index (Phi) is 3.23. The van der Waals surface area contributed by atoms with Crippen LogP contribution in [-0.2, 0) is 20.9 Å². The highest BCUT2D eigenvalue weighted by Crippen LogP contribution is 2.84. The van der Waals surface area contributed by atoms with Crippen LogP contribution in [0.15, 0.2) is 66.7 Å². The van der Waals surface area contributed by atoms with E-state index in [4.69, 9.17) is 4.74 Å². The summed E-state index contributed by atoms with van der Waals surface area (Å²) in [6.45, 7) is 0.152. The molecule has 160 valence electrons. The number of hydrogen-bond donors (Lipinski definition) is 0. The Labute approximate surface area is 185 Å². The van der Waals surface area contributed by atoms with E-state index in [0.717, 1.165) is 23.1 Å². The summed E-state index contributed by atoms with van der Waals surface area (Å²) in [6, 6.07) is 16.5. The van der Waals surface area contributed by atoms with Gasteiger partial charge in [-0.3, -0.25) is 19.4 Å². The first-order valence-corrected chi connectivity index (χ1v) is 11.1. The van der Waals surface area contributed by atoms with Crippen LogP contribution in [0.2, 0.25) is 0 Å². The summed E-state index contributed by atoms with van der Waals surface area (Å²) < 4.78 is 5.77. The quantitative estimate of drug-likeness (QED) is 0.544. The predicted octanol–water partition coefficient (Wildman–Crippen LogP) is 3.61. The maximum absolute atomic E-state index is 13.8. The van der Waals surface area contributed by atoms with E-state index in [2.05, 4.69) is 12.2 Å². The lowest BCUT2D eigenvalue weighted by Gasteiger charge is -2.44. The van der Waals surface area contributed by atoms with Gasteiger partial charge in [0, 0.05) is 7.05 Å². The number of nitrogens with zero attached hydrogens (tertiary/aromatic N) is 2. The standard InChI is InChI=1S/C26H22N2O4/c1-27-22(29)25-16-11-12-17(13-16)26(25,23(27)30)21-19-10-6-5-9-18(19)20(25)28(21)24(31)32-14-15-7-3-2-4-8-15/h2-12,16-17,20-21H,13-14H2,1H3/t16-,17+,20-,21+,25-,26+. The van der Waals surface area contributed by atoms with Gasteiger partial charge >= 0.3 is 6.09 Å². The number of carbonyl (C=O) groups is 3. The highest BCUT2D eigenvalue weighted by molar-refractivity contribution is 6.13. The number of amides is 3. The van der Waals surface area contributed by atoms with Gasteiger partial charge in [0.2, 0.25) is 11.8 Å². The fourth-order valence-corrected chi connectivity index (χ4v) is 7.79. The van der Waals surface area contributed by atoms with Gasteiger partial charge in [-0.1, -0.05) is 66.7 Å². The molecule has 0 spiro atoms. The first kappa shape index (κ1) is 18.2. The van der Waals surface area contributed by atoms with Gasteiger partial charge in [0.1, 0.15) is 6.61 Å². The number of allylic oxidation sites excluding steroid dienone is 2. The van der Waals surface area contributed by atoms with Crippen molar-refractivity contribution in [1.29, 1.82) is 0 Å². The van der Waals surface area contributed by atoms with Gasteiger partial charge in [0.25, 0.3) is 0 Å². The fraction of sp³-hybridized carbons (Fsp3) is 0.346. The molecule has 2 aromatic rings. The molecule has 6 heteroatoms. The van der Waals surface area contributed by atoms with Crippen LogP contribution < -0.4 is 0 Å². The molecule has 0 aromatic heterocycles. The largest absolute Gasteiger partial charge is 0.445 e. The van der Waals surface area contributed by atoms with E-state index in [1.165, 1.54) is 4.90 Å². The van der Waals surface area contributed by atoms with Crippen molar-refractivity contribution in [2.24, 2.45) is 22.7 Å². The number of ether oxygens (including phenoxy) is 1. The molecule has 32 heavy (non-hydrogen) atoms. The predicted molar refractivity (Wildman–Crippen MR) is 114 cm³/mol. The van der Waals surface area contributed by atoms with E-state index < -0.39 is 29.0 Å². The van der Waals surface area contributed by atoms with Gasteiger partial charge in [0.15, 0.2) is 0 Å². The van der Waals surface area contributed by atoms with Crippen LogP contribution in [0.4, 0.5) is 4.79 Å². The van der Waals surface area contributed by atoms with Gasteiger partial charge in [-0.15, -0.1) is 0 Å². The third-order valence-corrected chi connectivity index (χ3v) is 8.67. The average Bonchev–Trinajstić information content (AvgIpc) is 3.59. The van der Waals surface area contributed by atoms with Crippen molar-refractivity contribution >= 4 is 17.9 Å². The van der Waals surface area contributed by atoms with Gasteiger partial charge in [0.05, 0.1) is 22.9 Å². The van der Waals surface area contributed by atoms with E-state index >= 15 is 0 Å². The van der Waals surface area contributed by atoms with Crippen molar-refractivity contribution in [2.45, 2.75) is 25.1 Å². The number of imide groups is 1. The maximum atomic E-state index is 13.8. The molecule has 5 aliphatic rings. The van der Waals surface area contributed by atoms with Crippen molar-refractivity contribution < 1.29 is 19.1 Å². The third kappa shape index (κ3) is 1.65. The van der Waals surface area contributed by atoms with Crippen molar-refractivity contribution in [3.05, 3.63) is 83.4 Å². The number of rotatable bonds is 2. The fourth-order valence-electron chi connectivity index (χ4n) is 7.79. The van der Waals surface area contributed by atoms with E-state index in [-0.39, 0.29) is 30.3 Å². The monoisotopic (exact) mass is 426 g/mol. The number of carbonyl (C=O) groups excluding carboxylic acids is 3. The molecule has 2 aliphatic carbocycles. The minimum atomic E-state index is -0.941. The molecule has 0 radical (unpaired) electrons. The van der Waals surface area contributed by atoms with Crippen molar-refractivity contribution in [3.8, 4) is 0 Å². The Morgan fingerprint density at radius 1 is 0.906 bits per heavy atom. The summed E-state index contributed by atoms with van der Waals surface area (Å²) >= 11 is 0. The van der Waals surface area contributed by atoms with Crippen LogP contribution in [0.3, 0.4) is 0 Å². The second-order valence-electron chi connectivity index (χ2n) is 9.62. The number of fused-ring (bicyclic) bond motifs is 7. The Morgan fingerprint density at radius 2 is 1.44 bits per heavy atom. The first-order valence-electron chi connectivity index (χ1n) is 11.1. The number of benzene rings is 2. The van der Waals surface area contributed by atoms with Crippen LogP contribution in [0.1, 0.15) is 35.2 Å². The minimum absolute atomic E-state index is 0.0540. The highest BCUT2D eigenvalue weighted by atomic mass is 16.6. The Bertz CT molecular complexity index is 1170. The summed E-state index contributed by atoms with van der Waals surface area (Å²) in [5, 5.41) is 0. The van der Waals surface area contributed by atoms with Crippen molar-refractivity contribution in [2.75, 3.05) is 7.05 Å². The smallest absolute Gasteiger partial charge is 0.411 e. The first-order chi connectivity index (χ1) is 15.5. The Morgan fingerprint density at radius 3 is 2.00 bits per heavy atom. The molecule has 3 heterocycles. The maximum Gasteiger partial charge on any atom is 0.411 e. The zero-order chi connectivity index (χ0) is 21.8. The third-order valence-electron chi connectivity index (χ3n) is 8.67. The van der Waals surface area contributed by atoms with E-state index in [9.17, 15) is 14.4 Å². The molecule has 3 fully saturated rings. The van der Waals surface area contributed by atoms with Crippen LogP contribution in [0, 0.1) is 22.7 Å². The molecular formula is C26H22N2O4. The number of hydrogen-bond acceptors (Lipinski definition) is 4. The molecule has 6 nitrogen and oxygen atoms in total.